The molecule has 0 saturated carbocycles. The summed E-state index contributed by atoms with van der Waals surface area (Å²) in [6, 6.07) is -1.90. The Labute approximate surface area is 136 Å². The molecule has 134 valence electrons. The number of carboxylic acid groups (broad SMARTS) is 1. The van der Waals surface area contributed by atoms with E-state index in [2.05, 4.69) is 5.10 Å². The molecule has 0 aromatic carbocycles. The van der Waals surface area contributed by atoms with Crippen molar-refractivity contribution in [3.05, 3.63) is 11.8 Å². The van der Waals surface area contributed by atoms with Gasteiger partial charge in [0.2, 0.25) is 0 Å². The number of hydrogen-bond donors (Lipinski definition) is 1. The van der Waals surface area contributed by atoms with Crippen molar-refractivity contribution >= 4 is 17.9 Å². The summed E-state index contributed by atoms with van der Waals surface area (Å²) in [5.41, 5.74) is -1.42. The molecule has 2 unspecified atom stereocenters. The summed E-state index contributed by atoms with van der Waals surface area (Å²) in [6.07, 6.45) is -5.92. The Morgan fingerprint density at radius 2 is 1.92 bits per heavy atom. The molecule has 0 bridgehead atoms. The molecule has 7 nitrogen and oxygen atoms in total. The van der Waals surface area contributed by atoms with Crippen LogP contribution in [-0.4, -0.2) is 44.8 Å². The second kappa shape index (κ2) is 5.67. The molecule has 1 aliphatic rings. The zero-order valence-corrected chi connectivity index (χ0v) is 13.6. The van der Waals surface area contributed by atoms with E-state index in [0.29, 0.717) is 4.68 Å². The minimum absolute atomic E-state index is 0.247. The zero-order valence-electron chi connectivity index (χ0n) is 13.6. The van der Waals surface area contributed by atoms with Crippen LogP contribution in [0.2, 0.25) is 0 Å². The number of halogens is 3. The first-order valence-electron chi connectivity index (χ1n) is 7.23. The fourth-order valence-electron chi connectivity index (χ4n) is 2.51. The molecular weight excluding hydrogens is 331 g/mol. The number of carboxylic acids is 1. The first-order valence-corrected chi connectivity index (χ1v) is 7.23. The molecule has 1 aromatic heterocycles. The van der Waals surface area contributed by atoms with Gasteiger partial charge in [0.05, 0.1) is 0 Å². The summed E-state index contributed by atoms with van der Waals surface area (Å²) >= 11 is 0. The fraction of sp³-hybridized carbons (Fsp3) is 0.643. The molecule has 10 heteroatoms. The lowest BCUT2D eigenvalue weighted by Gasteiger charge is -2.38. The van der Waals surface area contributed by atoms with Crippen LogP contribution < -0.4 is 4.90 Å². The minimum Gasteiger partial charge on any atom is -0.476 e. The van der Waals surface area contributed by atoms with E-state index in [1.807, 2.05) is 0 Å². The SMILES string of the molecule is CC1CC(C(F)(F)F)n2nc(C(=O)O)cc2N1C(=O)OC(C)(C)C. The molecule has 0 spiro atoms. The van der Waals surface area contributed by atoms with Crippen molar-refractivity contribution in [1.82, 2.24) is 9.78 Å². The minimum atomic E-state index is -4.62. The number of nitrogens with zero attached hydrogens (tertiary/aromatic N) is 3. The lowest BCUT2D eigenvalue weighted by molar-refractivity contribution is -0.174. The molecule has 24 heavy (non-hydrogen) atoms. The molecule has 1 aromatic rings. The lowest BCUT2D eigenvalue weighted by Crippen LogP contribution is -2.49. The van der Waals surface area contributed by atoms with Crippen molar-refractivity contribution in [3.8, 4) is 0 Å². The standard InChI is InChI=1S/C14H18F3N3O4/c1-7-5-9(14(15,16)17)20-10(6-8(18-20)11(21)22)19(7)12(23)24-13(2,3)4/h6-7,9H,5H2,1-4H3,(H,21,22). The molecule has 2 atom stereocenters. The Kier molecular flexibility index (Phi) is 4.28. The van der Waals surface area contributed by atoms with E-state index >= 15 is 0 Å². The van der Waals surface area contributed by atoms with Gasteiger partial charge in [0.15, 0.2) is 11.7 Å². The van der Waals surface area contributed by atoms with Crippen molar-refractivity contribution in [2.45, 2.75) is 58.0 Å². The number of ether oxygens (including phenoxy) is 1. The van der Waals surface area contributed by atoms with Crippen LogP contribution in [0.4, 0.5) is 23.8 Å². The maximum Gasteiger partial charge on any atom is 0.416 e. The van der Waals surface area contributed by atoms with Gasteiger partial charge in [-0.1, -0.05) is 0 Å². The molecule has 1 N–H and O–H groups in total. The second-order valence-corrected chi connectivity index (χ2v) is 6.63. The molecule has 0 saturated heterocycles. The Hall–Kier alpha value is -2.26. The van der Waals surface area contributed by atoms with Gasteiger partial charge in [-0.3, -0.25) is 4.90 Å². The van der Waals surface area contributed by atoms with Crippen LogP contribution in [0.15, 0.2) is 6.07 Å². The van der Waals surface area contributed by atoms with Crippen molar-refractivity contribution in [3.63, 3.8) is 0 Å². The number of rotatable bonds is 1. The third-order valence-corrected chi connectivity index (χ3v) is 3.45. The van der Waals surface area contributed by atoms with Gasteiger partial charge in [-0.2, -0.15) is 18.3 Å². The predicted octanol–water partition coefficient (Wildman–Crippen LogP) is 3.22. The Balaban J connectivity index is 2.52. The van der Waals surface area contributed by atoms with E-state index in [-0.39, 0.29) is 5.82 Å². The normalized spacial score (nSPS) is 21.4. The average Bonchev–Trinajstić information content (AvgIpc) is 2.78. The van der Waals surface area contributed by atoms with Crippen LogP contribution in [0.25, 0.3) is 0 Å². The van der Waals surface area contributed by atoms with Gasteiger partial charge in [-0.25, -0.2) is 14.3 Å². The first kappa shape index (κ1) is 18.1. The molecule has 2 heterocycles. The van der Waals surface area contributed by atoms with Gasteiger partial charge < -0.3 is 9.84 Å². The number of amides is 1. The van der Waals surface area contributed by atoms with Crippen molar-refractivity contribution in [2.75, 3.05) is 4.90 Å². The van der Waals surface area contributed by atoms with Gasteiger partial charge in [0.1, 0.15) is 11.4 Å². The highest BCUT2D eigenvalue weighted by Crippen LogP contribution is 2.42. The van der Waals surface area contributed by atoms with Crippen LogP contribution in [0.3, 0.4) is 0 Å². The number of fused-ring (bicyclic) bond motifs is 1. The highest BCUT2D eigenvalue weighted by Gasteiger charge is 2.49. The van der Waals surface area contributed by atoms with E-state index in [9.17, 15) is 22.8 Å². The van der Waals surface area contributed by atoms with Gasteiger partial charge in [0, 0.05) is 12.1 Å². The van der Waals surface area contributed by atoms with Crippen molar-refractivity contribution < 1.29 is 32.6 Å². The summed E-state index contributed by atoms with van der Waals surface area (Å²) in [7, 11) is 0. The number of carbonyl (C=O) groups excluding carboxylic acids is 1. The Morgan fingerprint density at radius 1 is 1.33 bits per heavy atom. The number of aromatic carboxylic acids is 1. The van der Waals surface area contributed by atoms with Crippen molar-refractivity contribution in [1.29, 1.82) is 0 Å². The Bertz CT molecular complexity index is 663. The number of aromatic nitrogens is 2. The molecule has 0 radical (unpaired) electrons. The average molecular weight is 349 g/mol. The summed E-state index contributed by atoms with van der Waals surface area (Å²) in [6.45, 7) is 6.31. The highest BCUT2D eigenvalue weighted by molar-refractivity contribution is 5.91. The predicted molar refractivity (Wildman–Crippen MR) is 77.1 cm³/mol. The van der Waals surface area contributed by atoms with Crippen LogP contribution in [0.5, 0.6) is 0 Å². The van der Waals surface area contributed by atoms with E-state index in [1.54, 1.807) is 20.8 Å². The van der Waals surface area contributed by atoms with Crippen LogP contribution in [0, 0.1) is 0 Å². The molecule has 0 fully saturated rings. The summed E-state index contributed by atoms with van der Waals surface area (Å²) in [5.74, 6) is -1.72. The number of anilines is 1. The molecule has 1 amide bonds. The van der Waals surface area contributed by atoms with E-state index < -0.39 is 48.0 Å². The van der Waals surface area contributed by atoms with Gasteiger partial charge >= 0.3 is 18.2 Å². The summed E-state index contributed by atoms with van der Waals surface area (Å²) in [4.78, 5) is 24.4. The molecular formula is C14H18F3N3O4. The molecule has 0 aliphatic carbocycles. The number of alkyl halides is 3. The molecule has 2 rings (SSSR count). The molecule has 1 aliphatic heterocycles. The largest absolute Gasteiger partial charge is 0.476 e. The zero-order chi connectivity index (χ0) is 18.4. The Morgan fingerprint density at radius 3 is 2.38 bits per heavy atom. The summed E-state index contributed by atoms with van der Waals surface area (Å²) in [5, 5.41) is 12.5. The maximum atomic E-state index is 13.3. The van der Waals surface area contributed by atoms with Gasteiger partial charge in [-0.15, -0.1) is 0 Å². The summed E-state index contributed by atoms with van der Waals surface area (Å²) < 4.78 is 45.5. The lowest BCUT2D eigenvalue weighted by atomic mass is 10.0. The third kappa shape index (κ3) is 3.46. The maximum absolute atomic E-state index is 13.3. The monoisotopic (exact) mass is 349 g/mol. The quantitative estimate of drug-likeness (QED) is 0.841. The third-order valence-electron chi connectivity index (χ3n) is 3.45. The van der Waals surface area contributed by atoms with Crippen LogP contribution in [-0.2, 0) is 4.74 Å². The topological polar surface area (TPSA) is 84.7 Å². The van der Waals surface area contributed by atoms with Gasteiger partial charge in [-0.05, 0) is 34.1 Å². The first-order chi connectivity index (χ1) is 10.8. The fourth-order valence-corrected chi connectivity index (χ4v) is 2.51. The van der Waals surface area contributed by atoms with Crippen LogP contribution >= 0.6 is 0 Å². The van der Waals surface area contributed by atoms with Crippen molar-refractivity contribution in [2.24, 2.45) is 0 Å². The van der Waals surface area contributed by atoms with Gasteiger partial charge in [0.25, 0.3) is 0 Å². The number of carbonyl (C=O) groups is 2. The highest BCUT2D eigenvalue weighted by atomic mass is 19.4. The van der Waals surface area contributed by atoms with E-state index in [1.165, 1.54) is 6.92 Å². The smallest absolute Gasteiger partial charge is 0.416 e. The second-order valence-electron chi connectivity index (χ2n) is 6.63. The van der Waals surface area contributed by atoms with E-state index in [4.69, 9.17) is 9.84 Å². The van der Waals surface area contributed by atoms with E-state index in [0.717, 1.165) is 11.0 Å². The van der Waals surface area contributed by atoms with Crippen LogP contribution in [0.1, 0.15) is 50.6 Å². The number of hydrogen-bond acceptors (Lipinski definition) is 4.